The predicted octanol–water partition coefficient (Wildman–Crippen LogP) is 6.21. The number of piperazine rings is 1. The first kappa shape index (κ1) is 27.9. The number of nitrogens with two attached hydrogens (primary N) is 1. The molecular formula is C32H41Cl2N5O. The van der Waals surface area contributed by atoms with Crippen molar-refractivity contribution < 1.29 is 4.79 Å². The van der Waals surface area contributed by atoms with Crippen LogP contribution in [0.25, 0.3) is 0 Å². The van der Waals surface area contributed by atoms with Crippen LogP contribution in [0.15, 0.2) is 41.4 Å². The van der Waals surface area contributed by atoms with Crippen LogP contribution in [-0.4, -0.2) is 64.8 Å². The van der Waals surface area contributed by atoms with Gasteiger partial charge in [0.2, 0.25) is 0 Å². The van der Waals surface area contributed by atoms with E-state index >= 15 is 0 Å². The van der Waals surface area contributed by atoms with Crippen LogP contribution in [0.5, 0.6) is 0 Å². The van der Waals surface area contributed by atoms with Crippen molar-refractivity contribution in [2.45, 2.75) is 65.6 Å². The van der Waals surface area contributed by atoms with Crippen molar-refractivity contribution in [1.82, 2.24) is 14.7 Å². The van der Waals surface area contributed by atoms with Crippen LogP contribution in [0, 0.1) is 23.2 Å². The Labute approximate surface area is 248 Å². The van der Waals surface area contributed by atoms with E-state index in [1.165, 1.54) is 12.8 Å². The van der Waals surface area contributed by atoms with E-state index in [0.29, 0.717) is 53.0 Å². The molecule has 1 unspecified atom stereocenters. The second-order valence-corrected chi connectivity index (χ2v) is 13.9. The standard InChI is InChI=1S/C32H41Cl2N5O/c1-19-17-38(11-12-39(19)29-15-23-14-27(20(29)2)32(23,3)4)31(35)36-25-7-8-26-22(13-25)18-37(30(26)40)10-9-21-5-6-24(33)16-28(21)34/h5-8,13,16,19-20,23,27,29H,9-12,14-15,17-18H2,1-4H3,(H2,35,36)/t19-,20+,23?,27+,29+/m0/s1. The highest BCUT2D eigenvalue weighted by atomic mass is 35.5. The fourth-order valence-electron chi connectivity index (χ4n) is 8.03. The summed E-state index contributed by atoms with van der Waals surface area (Å²) < 4.78 is 0. The van der Waals surface area contributed by atoms with Crippen molar-refractivity contribution in [3.63, 3.8) is 0 Å². The van der Waals surface area contributed by atoms with Gasteiger partial charge in [0.05, 0.1) is 5.69 Å². The number of amides is 1. The Morgan fingerprint density at radius 1 is 1.10 bits per heavy atom. The number of rotatable bonds is 5. The van der Waals surface area contributed by atoms with Crippen LogP contribution in [0.2, 0.25) is 10.0 Å². The molecule has 4 fully saturated rings. The van der Waals surface area contributed by atoms with E-state index in [4.69, 9.17) is 33.9 Å². The van der Waals surface area contributed by atoms with Gasteiger partial charge in [-0.2, -0.15) is 0 Å². The lowest BCUT2D eigenvalue weighted by Gasteiger charge is -2.64. The zero-order valence-electron chi connectivity index (χ0n) is 24.0. The molecule has 3 aliphatic carbocycles. The third-order valence-electron chi connectivity index (χ3n) is 10.6. The van der Waals surface area contributed by atoms with Crippen LogP contribution in [0.3, 0.4) is 0 Å². The quantitative estimate of drug-likeness (QED) is 0.336. The topological polar surface area (TPSA) is 65.2 Å². The van der Waals surface area contributed by atoms with Crippen LogP contribution in [0.4, 0.5) is 5.69 Å². The average molecular weight is 583 g/mol. The minimum atomic E-state index is 0.0477. The zero-order chi connectivity index (χ0) is 28.3. The van der Waals surface area contributed by atoms with Crippen LogP contribution in [0.1, 0.15) is 62.0 Å². The molecule has 5 atom stereocenters. The Hall–Kier alpha value is -2.28. The first-order valence-corrected chi connectivity index (χ1v) is 15.5. The van der Waals surface area contributed by atoms with Gasteiger partial charge in [0.1, 0.15) is 0 Å². The Kier molecular flexibility index (Phi) is 7.33. The van der Waals surface area contributed by atoms with Gasteiger partial charge in [0, 0.05) is 60.4 Å². The summed E-state index contributed by atoms with van der Waals surface area (Å²) in [5.41, 5.74) is 10.6. The van der Waals surface area contributed by atoms with Crippen LogP contribution < -0.4 is 5.73 Å². The third-order valence-corrected chi connectivity index (χ3v) is 11.2. The van der Waals surface area contributed by atoms with E-state index in [1.54, 1.807) is 6.07 Å². The number of aliphatic imine (C=N–C) groups is 1. The third kappa shape index (κ3) is 4.90. The fraction of sp³-hybridized carbons (Fsp3) is 0.562. The number of hydrogen-bond donors (Lipinski definition) is 1. The lowest BCUT2D eigenvalue weighted by atomic mass is 9.44. The summed E-state index contributed by atoms with van der Waals surface area (Å²) in [6.07, 6.45) is 3.42. The van der Waals surface area contributed by atoms with E-state index in [2.05, 4.69) is 37.5 Å². The van der Waals surface area contributed by atoms with E-state index in [-0.39, 0.29) is 5.91 Å². The molecule has 6 nitrogen and oxygen atoms in total. The Bertz CT molecular complexity index is 1340. The van der Waals surface area contributed by atoms with Gasteiger partial charge in [-0.3, -0.25) is 9.69 Å². The molecule has 40 heavy (non-hydrogen) atoms. The highest BCUT2D eigenvalue weighted by Gasteiger charge is 2.57. The number of carbonyl (C=O) groups is 1. The number of fused-ring (bicyclic) bond motifs is 3. The summed E-state index contributed by atoms with van der Waals surface area (Å²) in [5, 5.41) is 1.24. The van der Waals surface area contributed by atoms with Gasteiger partial charge in [-0.15, -0.1) is 0 Å². The second kappa shape index (κ2) is 10.5. The summed E-state index contributed by atoms with van der Waals surface area (Å²) in [6.45, 7) is 13.7. The minimum Gasteiger partial charge on any atom is -0.369 e. The van der Waals surface area contributed by atoms with E-state index in [0.717, 1.165) is 59.8 Å². The molecule has 1 amide bonds. The normalized spacial score (nSPS) is 29.9. The first-order chi connectivity index (χ1) is 19.0. The Morgan fingerprint density at radius 3 is 2.60 bits per heavy atom. The molecular weight excluding hydrogens is 541 g/mol. The zero-order valence-corrected chi connectivity index (χ0v) is 25.5. The molecule has 2 aromatic carbocycles. The number of carbonyl (C=O) groups excluding carboxylic acids is 1. The smallest absolute Gasteiger partial charge is 0.254 e. The first-order valence-electron chi connectivity index (χ1n) is 14.7. The van der Waals surface area contributed by atoms with E-state index in [1.807, 2.05) is 35.2 Å². The molecule has 2 aliphatic heterocycles. The van der Waals surface area contributed by atoms with Gasteiger partial charge in [-0.05, 0) is 90.8 Å². The molecule has 2 aromatic rings. The summed E-state index contributed by atoms with van der Waals surface area (Å²) in [6, 6.07) is 12.4. The van der Waals surface area contributed by atoms with Crippen molar-refractivity contribution in [2.75, 3.05) is 26.2 Å². The summed E-state index contributed by atoms with van der Waals surface area (Å²) in [5.74, 6) is 3.08. The van der Waals surface area contributed by atoms with Gasteiger partial charge in [-0.1, -0.05) is 50.0 Å². The maximum absolute atomic E-state index is 13.0. The van der Waals surface area contributed by atoms with E-state index < -0.39 is 0 Å². The molecule has 3 saturated carbocycles. The van der Waals surface area contributed by atoms with Gasteiger partial charge >= 0.3 is 0 Å². The Morgan fingerprint density at radius 2 is 1.90 bits per heavy atom. The molecule has 2 bridgehead atoms. The molecule has 0 aromatic heterocycles. The van der Waals surface area contributed by atoms with Crippen molar-refractivity contribution in [2.24, 2.45) is 33.9 Å². The molecule has 2 N–H and O–H groups in total. The Balaban J connectivity index is 1.07. The maximum atomic E-state index is 13.0. The largest absolute Gasteiger partial charge is 0.369 e. The highest BCUT2D eigenvalue weighted by Crippen LogP contribution is 2.62. The maximum Gasteiger partial charge on any atom is 0.254 e. The molecule has 7 rings (SSSR count). The molecule has 2 heterocycles. The lowest BCUT2D eigenvalue weighted by molar-refractivity contribution is -0.147. The molecule has 5 aliphatic rings. The van der Waals surface area contributed by atoms with Crippen LogP contribution in [-0.2, 0) is 13.0 Å². The molecule has 0 spiro atoms. The van der Waals surface area contributed by atoms with Gasteiger partial charge in [0.25, 0.3) is 5.91 Å². The summed E-state index contributed by atoms with van der Waals surface area (Å²) in [7, 11) is 0. The number of guanidine groups is 1. The molecule has 1 saturated heterocycles. The fourth-order valence-corrected chi connectivity index (χ4v) is 8.54. The van der Waals surface area contributed by atoms with Crippen molar-refractivity contribution in [3.05, 3.63) is 63.1 Å². The highest BCUT2D eigenvalue weighted by molar-refractivity contribution is 6.35. The van der Waals surface area contributed by atoms with Crippen LogP contribution >= 0.6 is 23.2 Å². The average Bonchev–Trinajstić information content (AvgIpc) is 3.22. The van der Waals surface area contributed by atoms with Gasteiger partial charge in [-0.25, -0.2) is 4.99 Å². The number of hydrogen-bond acceptors (Lipinski definition) is 3. The monoisotopic (exact) mass is 581 g/mol. The van der Waals surface area contributed by atoms with E-state index in [9.17, 15) is 4.79 Å². The molecule has 0 radical (unpaired) electrons. The number of benzene rings is 2. The minimum absolute atomic E-state index is 0.0477. The predicted molar refractivity (Wildman–Crippen MR) is 163 cm³/mol. The molecule has 214 valence electrons. The van der Waals surface area contributed by atoms with Gasteiger partial charge < -0.3 is 15.5 Å². The number of nitrogens with zero attached hydrogens (tertiary/aromatic N) is 4. The lowest BCUT2D eigenvalue weighted by Crippen LogP contribution is -2.65. The second-order valence-electron chi connectivity index (χ2n) is 13.1. The van der Waals surface area contributed by atoms with Crippen molar-refractivity contribution in [1.29, 1.82) is 0 Å². The number of halogens is 2. The van der Waals surface area contributed by atoms with Crippen molar-refractivity contribution in [3.8, 4) is 0 Å². The molecule has 8 heteroatoms. The van der Waals surface area contributed by atoms with Gasteiger partial charge in [0.15, 0.2) is 5.96 Å². The SMILES string of the molecule is C[C@H]1[C@H](N2CCN(C(N)=Nc3ccc4c(c3)CN(CCc3ccc(Cl)cc3Cl)C4=O)C[C@@H]2C)CC2C[C@H]1C2(C)C. The van der Waals surface area contributed by atoms with Crippen molar-refractivity contribution >= 4 is 40.8 Å². The summed E-state index contributed by atoms with van der Waals surface area (Å²) in [4.78, 5) is 24.6. The summed E-state index contributed by atoms with van der Waals surface area (Å²) >= 11 is 12.4.